The van der Waals surface area contributed by atoms with Crippen LogP contribution in [0.5, 0.6) is 5.75 Å². The molecular weight excluding hydrogens is 456 g/mol. The summed E-state index contributed by atoms with van der Waals surface area (Å²) >= 11 is 6.65. The van der Waals surface area contributed by atoms with Gasteiger partial charge in [0.1, 0.15) is 12.4 Å². The van der Waals surface area contributed by atoms with E-state index in [1.807, 2.05) is 42.5 Å². The molecule has 0 aliphatic carbocycles. The lowest BCUT2D eigenvalue weighted by atomic mass is 9.88. The Bertz CT molecular complexity index is 1150. The minimum absolute atomic E-state index is 0.0214. The van der Waals surface area contributed by atoms with Gasteiger partial charge in [0, 0.05) is 43.8 Å². The zero-order valence-corrected chi connectivity index (χ0v) is 21.4. The van der Waals surface area contributed by atoms with Crippen LogP contribution in [0.15, 0.2) is 91.0 Å². The van der Waals surface area contributed by atoms with Crippen LogP contribution in [-0.4, -0.2) is 44.6 Å². The maximum atomic E-state index is 11.5. The van der Waals surface area contributed by atoms with E-state index in [2.05, 4.69) is 54.7 Å². The van der Waals surface area contributed by atoms with Crippen molar-refractivity contribution in [2.24, 2.45) is 0 Å². The van der Waals surface area contributed by atoms with Gasteiger partial charge < -0.3 is 15.0 Å². The van der Waals surface area contributed by atoms with Gasteiger partial charge in [0.05, 0.1) is 0 Å². The lowest BCUT2D eigenvalue weighted by Gasteiger charge is -2.18. The second-order valence-corrected chi connectivity index (χ2v) is 8.67. The summed E-state index contributed by atoms with van der Waals surface area (Å²) in [6, 6.07) is 26.6. The number of halogens is 1. The molecule has 0 atom stereocenters. The van der Waals surface area contributed by atoms with E-state index in [1.165, 1.54) is 11.1 Å². The van der Waals surface area contributed by atoms with Crippen molar-refractivity contribution in [1.29, 1.82) is 0 Å². The lowest BCUT2D eigenvalue weighted by molar-refractivity contribution is -0.123. The highest BCUT2D eigenvalue weighted by atomic mass is 35.5. The van der Waals surface area contributed by atoms with Crippen molar-refractivity contribution in [3.63, 3.8) is 0 Å². The van der Waals surface area contributed by atoms with Gasteiger partial charge in [-0.1, -0.05) is 85.3 Å². The van der Waals surface area contributed by atoms with Crippen LogP contribution in [-0.2, 0) is 4.79 Å². The van der Waals surface area contributed by atoms with Crippen LogP contribution in [0.4, 0.5) is 0 Å². The first kappa shape index (κ1) is 26.3. The Labute approximate surface area is 213 Å². The molecule has 0 aliphatic rings. The maximum Gasteiger partial charge on any atom is 0.245 e. The second kappa shape index (κ2) is 13.5. The molecule has 4 nitrogen and oxygen atoms in total. The highest BCUT2D eigenvalue weighted by Gasteiger charge is 2.15. The summed E-state index contributed by atoms with van der Waals surface area (Å²) < 4.78 is 5.90. The molecule has 0 bridgehead atoms. The molecule has 0 aromatic heterocycles. The highest BCUT2D eigenvalue weighted by Crippen LogP contribution is 2.37. The lowest BCUT2D eigenvalue weighted by Crippen LogP contribution is -2.22. The van der Waals surface area contributed by atoms with Crippen LogP contribution in [0.3, 0.4) is 0 Å². The molecular formula is C30H33ClN2O2. The molecule has 1 amide bonds. The summed E-state index contributed by atoms with van der Waals surface area (Å²) in [5, 5.41) is 3.98. The Morgan fingerprint density at radius 2 is 1.63 bits per heavy atom. The first-order valence-corrected chi connectivity index (χ1v) is 12.2. The summed E-state index contributed by atoms with van der Waals surface area (Å²) in [6.07, 6.45) is 4.26. The Kier molecular flexibility index (Phi) is 10.1. The van der Waals surface area contributed by atoms with Gasteiger partial charge in [-0.2, -0.15) is 0 Å². The number of hydrogen-bond donors (Lipinski definition) is 1. The van der Waals surface area contributed by atoms with Gasteiger partial charge >= 0.3 is 0 Å². The number of rotatable bonds is 11. The van der Waals surface area contributed by atoms with E-state index in [9.17, 15) is 4.79 Å². The van der Waals surface area contributed by atoms with E-state index in [4.69, 9.17) is 16.3 Å². The van der Waals surface area contributed by atoms with Crippen LogP contribution < -0.4 is 10.1 Å². The topological polar surface area (TPSA) is 41.6 Å². The first-order valence-electron chi connectivity index (χ1n) is 11.9. The summed E-state index contributed by atoms with van der Waals surface area (Å²) in [7, 11) is 3.47. The molecule has 0 radical (unpaired) electrons. The van der Waals surface area contributed by atoms with Crippen molar-refractivity contribution in [3.05, 3.63) is 113 Å². The molecule has 0 unspecified atom stereocenters. The standard InChI is InChI=1S/C30H33ClN2O2/c1-4-26(23-11-6-5-7-12-23)30(27-13-8-9-14-28(27)31)24-16-18-25(19-17-24)35-22-21-32-20-10-15-29(34)33(2)3/h5-19,32H,4,20-22H2,1-3H3/b15-10+,30-26+. The third-order valence-corrected chi connectivity index (χ3v) is 5.90. The molecule has 0 fully saturated rings. The van der Waals surface area contributed by atoms with Gasteiger partial charge in [0.2, 0.25) is 5.91 Å². The number of amides is 1. The fourth-order valence-corrected chi connectivity index (χ4v) is 4.00. The number of hydrogen-bond acceptors (Lipinski definition) is 3. The number of benzene rings is 3. The number of allylic oxidation sites excluding steroid dienone is 1. The molecule has 1 N–H and O–H groups in total. The summed E-state index contributed by atoms with van der Waals surface area (Å²) in [5.74, 6) is 0.789. The number of likely N-dealkylation sites (N-methyl/N-ethyl adjacent to an activating group) is 1. The van der Waals surface area contributed by atoms with Gasteiger partial charge in [0.25, 0.3) is 0 Å². The Morgan fingerprint density at radius 1 is 0.943 bits per heavy atom. The number of nitrogens with zero attached hydrogens (tertiary/aromatic N) is 1. The number of nitrogens with one attached hydrogen (secondary N) is 1. The van der Waals surface area contributed by atoms with Crippen molar-refractivity contribution in [1.82, 2.24) is 10.2 Å². The zero-order chi connectivity index (χ0) is 25.0. The van der Waals surface area contributed by atoms with Crippen LogP contribution in [0.25, 0.3) is 11.1 Å². The van der Waals surface area contributed by atoms with Crippen LogP contribution >= 0.6 is 11.6 Å². The van der Waals surface area contributed by atoms with Crippen molar-refractivity contribution in [3.8, 4) is 5.75 Å². The van der Waals surface area contributed by atoms with E-state index in [0.29, 0.717) is 19.7 Å². The Hall–Kier alpha value is -3.34. The molecule has 0 spiro atoms. The summed E-state index contributed by atoms with van der Waals surface area (Å²) in [6.45, 7) is 4.01. The van der Waals surface area contributed by atoms with Crippen LogP contribution in [0.1, 0.15) is 30.0 Å². The molecule has 0 heterocycles. The molecule has 182 valence electrons. The van der Waals surface area contributed by atoms with Gasteiger partial charge in [-0.15, -0.1) is 0 Å². The predicted molar refractivity (Wildman–Crippen MR) is 147 cm³/mol. The Balaban J connectivity index is 1.73. The van der Waals surface area contributed by atoms with Gasteiger partial charge in [-0.05, 0) is 46.9 Å². The molecule has 5 heteroatoms. The fraction of sp³-hybridized carbons (Fsp3) is 0.233. The van der Waals surface area contributed by atoms with E-state index in [-0.39, 0.29) is 5.91 Å². The molecule has 3 aromatic carbocycles. The highest BCUT2D eigenvalue weighted by molar-refractivity contribution is 6.33. The number of ether oxygens (including phenoxy) is 1. The minimum atomic E-state index is -0.0214. The van der Waals surface area contributed by atoms with Crippen molar-refractivity contribution in [2.75, 3.05) is 33.8 Å². The van der Waals surface area contributed by atoms with Crippen molar-refractivity contribution >= 4 is 28.7 Å². The van der Waals surface area contributed by atoms with Crippen LogP contribution in [0.2, 0.25) is 5.02 Å². The van der Waals surface area contributed by atoms with E-state index in [0.717, 1.165) is 33.9 Å². The Morgan fingerprint density at radius 3 is 2.29 bits per heavy atom. The zero-order valence-electron chi connectivity index (χ0n) is 20.6. The van der Waals surface area contributed by atoms with Crippen LogP contribution in [0, 0.1) is 0 Å². The molecule has 3 aromatic rings. The molecule has 3 rings (SSSR count). The molecule has 0 aliphatic heterocycles. The van der Waals surface area contributed by atoms with E-state index >= 15 is 0 Å². The SMILES string of the molecule is CC/C(=C(/c1ccc(OCCNC/C=C/C(=O)N(C)C)cc1)c1ccccc1Cl)c1ccccc1. The van der Waals surface area contributed by atoms with Gasteiger partial charge in [-0.3, -0.25) is 4.79 Å². The smallest absolute Gasteiger partial charge is 0.245 e. The molecule has 0 saturated heterocycles. The van der Waals surface area contributed by atoms with E-state index < -0.39 is 0 Å². The number of carbonyl (C=O) groups excluding carboxylic acids is 1. The van der Waals surface area contributed by atoms with Crippen molar-refractivity contribution in [2.45, 2.75) is 13.3 Å². The third kappa shape index (κ3) is 7.57. The van der Waals surface area contributed by atoms with E-state index in [1.54, 1.807) is 25.1 Å². The summed E-state index contributed by atoms with van der Waals surface area (Å²) in [4.78, 5) is 13.1. The average molecular weight is 489 g/mol. The predicted octanol–water partition coefficient (Wildman–Crippen LogP) is 6.32. The van der Waals surface area contributed by atoms with Crippen molar-refractivity contribution < 1.29 is 9.53 Å². The monoisotopic (exact) mass is 488 g/mol. The summed E-state index contributed by atoms with van der Waals surface area (Å²) in [5.41, 5.74) is 5.69. The normalized spacial score (nSPS) is 11.9. The molecule has 35 heavy (non-hydrogen) atoms. The second-order valence-electron chi connectivity index (χ2n) is 8.26. The maximum absolute atomic E-state index is 11.5. The average Bonchev–Trinajstić information content (AvgIpc) is 2.88. The third-order valence-electron chi connectivity index (χ3n) is 5.57. The number of carbonyl (C=O) groups is 1. The fourth-order valence-electron chi connectivity index (χ4n) is 3.77. The largest absolute Gasteiger partial charge is 0.492 e. The molecule has 0 saturated carbocycles. The first-order chi connectivity index (χ1) is 17.0. The minimum Gasteiger partial charge on any atom is -0.492 e. The quantitative estimate of drug-likeness (QED) is 0.195. The van der Waals surface area contributed by atoms with Gasteiger partial charge in [0.15, 0.2) is 0 Å². The van der Waals surface area contributed by atoms with Gasteiger partial charge in [-0.25, -0.2) is 0 Å².